The highest BCUT2D eigenvalue weighted by Crippen LogP contribution is 2.28. The lowest BCUT2D eigenvalue weighted by molar-refractivity contribution is -0.131. The highest BCUT2D eigenvalue weighted by molar-refractivity contribution is 7.89. The van der Waals surface area contributed by atoms with E-state index in [0.29, 0.717) is 30.4 Å². The summed E-state index contributed by atoms with van der Waals surface area (Å²) in [5, 5.41) is 5.51. The fourth-order valence-electron chi connectivity index (χ4n) is 3.73. The largest absolute Gasteiger partial charge is 0.350 e. The van der Waals surface area contributed by atoms with Crippen LogP contribution < -0.4 is 10.6 Å². The SMILES string of the molecule is CC(NC(=O)C1CCN(S(=O)(=O)c2cccc3nsnc23)CC1)C(=O)NCc1cccnc1. The summed E-state index contributed by atoms with van der Waals surface area (Å²) < 4.78 is 35.9. The van der Waals surface area contributed by atoms with Crippen molar-refractivity contribution in [2.45, 2.75) is 37.2 Å². The minimum Gasteiger partial charge on any atom is -0.350 e. The number of amides is 2. The van der Waals surface area contributed by atoms with Crippen molar-refractivity contribution in [3.63, 3.8) is 0 Å². The van der Waals surface area contributed by atoms with Crippen LogP contribution in [0.15, 0.2) is 47.6 Å². The Morgan fingerprint density at radius 2 is 1.97 bits per heavy atom. The molecule has 2 N–H and O–H groups in total. The minimum atomic E-state index is -3.74. The summed E-state index contributed by atoms with van der Waals surface area (Å²) in [6.45, 7) is 2.38. The van der Waals surface area contributed by atoms with Crippen molar-refractivity contribution in [2.24, 2.45) is 5.92 Å². The van der Waals surface area contributed by atoms with E-state index in [-0.39, 0.29) is 35.7 Å². The summed E-state index contributed by atoms with van der Waals surface area (Å²) in [7, 11) is -3.74. The molecule has 0 bridgehead atoms. The number of aromatic nitrogens is 3. The highest BCUT2D eigenvalue weighted by atomic mass is 32.2. The standard InChI is InChI=1S/C21H24N6O4S2/c1-14(20(28)23-13-15-4-3-9-22-12-15)24-21(29)16-7-10-27(11-8-16)33(30,31)18-6-2-5-17-19(18)26-32-25-17/h2-6,9,12,14,16H,7-8,10-11,13H2,1H3,(H,23,28)(H,24,29). The van der Waals surface area contributed by atoms with Crippen LogP contribution in [0.4, 0.5) is 0 Å². The number of pyridine rings is 1. The molecule has 0 radical (unpaired) electrons. The molecule has 3 aromatic rings. The Labute approximate surface area is 195 Å². The summed E-state index contributed by atoms with van der Waals surface area (Å²) >= 11 is 0.972. The molecule has 0 saturated carbocycles. The van der Waals surface area contributed by atoms with Crippen molar-refractivity contribution in [3.8, 4) is 0 Å². The minimum absolute atomic E-state index is 0.135. The number of rotatable bonds is 7. The Hall–Kier alpha value is -2.96. The fourth-order valence-corrected chi connectivity index (χ4v) is 5.95. The number of hydrogen-bond donors (Lipinski definition) is 2. The van der Waals surface area contributed by atoms with Crippen LogP contribution in [0.2, 0.25) is 0 Å². The van der Waals surface area contributed by atoms with Gasteiger partial charge in [-0.25, -0.2) is 8.42 Å². The smallest absolute Gasteiger partial charge is 0.245 e. The quantitative estimate of drug-likeness (QED) is 0.512. The van der Waals surface area contributed by atoms with Gasteiger partial charge < -0.3 is 10.6 Å². The number of nitrogens with one attached hydrogen (secondary N) is 2. The van der Waals surface area contributed by atoms with Crippen LogP contribution in [0.5, 0.6) is 0 Å². The molecule has 1 fully saturated rings. The van der Waals surface area contributed by atoms with E-state index in [4.69, 9.17) is 0 Å². The molecule has 0 aliphatic carbocycles. The zero-order valence-corrected chi connectivity index (χ0v) is 19.6. The molecule has 1 unspecified atom stereocenters. The van der Waals surface area contributed by atoms with Crippen molar-refractivity contribution in [3.05, 3.63) is 48.3 Å². The zero-order chi connectivity index (χ0) is 23.4. The molecular weight excluding hydrogens is 464 g/mol. The summed E-state index contributed by atoms with van der Waals surface area (Å²) in [6, 6.07) is 7.84. The van der Waals surface area contributed by atoms with Gasteiger partial charge >= 0.3 is 0 Å². The number of carbonyl (C=O) groups excluding carboxylic acids is 2. The van der Waals surface area contributed by atoms with Gasteiger partial charge in [0, 0.05) is 37.9 Å². The topological polar surface area (TPSA) is 134 Å². The van der Waals surface area contributed by atoms with Gasteiger partial charge in [-0.3, -0.25) is 14.6 Å². The van der Waals surface area contributed by atoms with Gasteiger partial charge in [0.1, 0.15) is 22.0 Å². The third kappa shape index (κ3) is 5.18. The highest BCUT2D eigenvalue weighted by Gasteiger charge is 2.34. The number of benzene rings is 1. The summed E-state index contributed by atoms with van der Waals surface area (Å²) in [5.74, 6) is -0.902. The van der Waals surface area contributed by atoms with E-state index in [9.17, 15) is 18.0 Å². The van der Waals surface area contributed by atoms with Crippen molar-refractivity contribution < 1.29 is 18.0 Å². The van der Waals surface area contributed by atoms with E-state index in [1.165, 1.54) is 10.4 Å². The van der Waals surface area contributed by atoms with Crippen LogP contribution in [0, 0.1) is 5.92 Å². The Kier molecular flexibility index (Phi) is 6.96. The van der Waals surface area contributed by atoms with E-state index in [2.05, 4.69) is 24.4 Å². The summed E-state index contributed by atoms with van der Waals surface area (Å²) in [5.41, 5.74) is 1.78. The van der Waals surface area contributed by atoms with Gasteiger partial charge in [-0.1, -0.05) is 12.1 Å². The normalized spacial score (nSPS) is 16.4. The van der Waals surface area contributed by atoms with E-state index >= 15 is 0 Å². The molecule has 1 aromatic carbocycles. The Morgan fingerprint density at radius 1 is 1.18 bits per heavy atom. The van der Waals surface area contributed by atoms with E-state index in [0.717, 1.165) is 17.3 Å². The Balaban J connectivity index is 1.30. The molecule has 0 spiro atoms. The van der Waals surface area contributed by atoms with Crippen molar-refractivity contribution in [2.75, 3.05) is 13.1 Å². The molecular formula is C21H24N6O4S2. The van der Waals surface area contributed by atoms with Gasteiger partial charge in [-0.05, 0) is 43.5 Å². The third-order valence-corrected chi connectivity index (χ3v) is 8.11. The Morgan fingerprint density at radius 3 is 2.70 bits per heavy atom. The van der Waals surface area contributed by atoms with Gasteiger partial charge in [-0.2, -0.15) is 13.1 Å². The maximum Gasteiger partial charge on any atom is 0.245 e. The molecule has 1 aliphatic heterocycles. The van der Waals surface area contributed by atoms with Gasteiger partial charge in [-0.15, -0.1) is 0 Å². The lowest BCUT2D eigenvalue weighted by Crippen LogP contribution is -2.49. The number of hydrogen-bond acceptors (Lipinski definition) is 8. The molecule has 174 valence electrons. The first kappa shape index (κ1) is 23.2. The molecule has 3 heterocycles. The molecule has 12 heteroatoms. The third-order valence-electron chi connectivity index (χ3n) is 5.63. The summed E-state index contributed by atoms with van der Waals surface area (Å²) in [4.78, 5) is 29.1. The van der Waals surface area contributed by atoms with Crippen LogP contribution in [-0.2, 0) is 26.2 Å². The first-order valence-corrected chi connectivity index (χ1v) is 12.7. The van der Waals surface area contributed by atoms with Gasteiger partial charge in [0.05, 0.1) is 11.7 Å². The van der Waals surface area contributed by atoms with Gasteiger partial charge in [0.15, 0.2) is 0 Å². The molecule has 2 aromatic heterocycles. The molecule has 1 saturated heterocycles. The van der Waals surface area contributed by atoms with Crippen molar-refractivity contribution in [1.82, 2.24) is 28.7 Å². The second-order valence-electron chi connectivity index (χ2n) is 7.88. The molecule has 10 nitrogen and oxygen atoms in total. The first-order chi connectivity index (χ1) is 15.9. The van der Waals surface area contributed by atoms with Crippen molar-refractivity contribution >= 4 is 44.6 Å². The van der Waals surface area contributed by atoms with Gasteiger partial charge in [0.2, 0.25) is 21.8 Å². The number of fused-ring (bicyclic) bond motifs is 1. The van der Waals surface area contributed by atoms with E-state index in [1.54, 1.807) is 37.5 Å². The second kappa shape index (κ2) is 9.89. The Bertz CT molecular complexity index is 1240. The van der Waals surface area contributed by atoms with E-state index in [1.807, 2.05) is 6.07 Å². The first-order valence-electron chi connectivity index (χ1n) is 10.5. The molecule has 2 amide bonds. The zero-order valence-electron chi connectivity index (χ0n) is 18.0. The fraction of sp³-hybridized carbons (Fsp3) is 0.381. The molecule has 1 atom stereocenters. The van der Waals surface area contributed by atoms with Crippen LogP contribution in [0.3, 0.4) is 0 Å². The van der Waals surface area contributed by atoms with Gasteiger partial charge in [0.25, 0.3) is 0 Å². The number of nitrogens with zero attached hydrogens (tertiary/aromatic N) is 4. The van der Waals surface area contributed by atoms with E-state index < -0.39 is 16.1 Å². The maximum absolute atomic E-state index is 13.1. The monoisotopic (exact) mass is 488 g/mol. The predicted molar refractivity (Wildman–Crippen MR) is 123 cm³/mol. The van der Waals surface area contributed by atoms with Crippen molar-refractivity contribution in [1.29, 1.82) is 0 Å². The average molecular weight is 489 g/mol. The maximum atomic E-state index is 13.1. The lowest BCUT2D eigenvalue weighted by atomic mass is 9.97. The molecule has 1 aliphatic rings. The lowest BCUT2D eigenvalue weighted by Gasteiger charge is -2.31. The van der Waals surface area contributed by atoms with Crippen LogP contribution in [0.1, 0.15) is 25.3 Å². The van der Waals surface area contributed by atoms with Crippen LogP contribution in [0.25, 0.3) is 11.0 Å². The number of sulfonamides is 1. The predicted octanol–water partition coefficient (Wildman–Crippen LogP) is 1.31. The molecule has 33 heavy (non-hydrogen) atoms. The second-order valence-corrected chi connectivity index (χ2v) is 10.3. The average Bonchev–Trinajstić information content (AvgIpc) is 3.32. The summed E-state index contributed by atoms with van der Waals surface area (Å²) in [6.07, 6.45) is 4.07. The number of piperidine rings is 1. The van der Waals surface area contributed by atoms with Crippen LogP contribution in [-0.4, -0.2) is 57.4 Å². The molecule has 4 rings (SSSR count). The van der Waals surface area contributed by atoms with Crippen LogP contribution >= 0.6 is 11.7 Å². The number of carbonyl (C=O) groups is 2.